The predicted molar refractivity (Wildman–Crippen MR) is 125 cm³/mol. The van der Waals surface area contributed by atoms with E-state index in [9.17, 15) is 9.18 Å². The number of hydrogen-bond donors (Lipinski definition) is 0. The lowest BCUT2D eigenvalue weighted by Crippen LogP contribution is -2.48. The molecule has 0 radical (unpaired) electrons. The van der Waals surface area contributed by atoms with Gasteiger partial charge in [0.2, 0.25) is 5.91 Å². The third kappa shape index (κ3) is 4.10. The molecule has 2 aliphatic heterocycles. The topological polar surface area (TPSA) is 67.2 Å². The molecule has 1 saturated heterocycles. The maximum Gasteiger partial charge on any atom is 0.230 e. The van der Waals surface area contributed by atoms with Crippen LogP contribution in [0.4, 0.5) is 15.9 Å². The van der Waals surface area contributed by atoms with Crippen LogP contribution in [0.5, 0.6) is 0 Å². The van der Waals surface area contributed by atoms with Crippen LogP contribution in [0.3, 0.4) is 0 Å². The van der Waals surface area contributed by atoms with Gasteiger partial charge < -0.3 is 9.80 Å². The Kier molecular flexibility index (Phi) is 5.60. The quantitative estimate of drug-likeness (QED) is 0.606. The molecule has 0 saturated carbocycles. The smallest absolute Gasteiger partial charge is 0.230 e. The highest BCUT2D eigenvalue weighted by Gasteiger charge is 2.34. The zero-order valence-corrected chi connectivity index (χ0v) is 19.3. The standard InChI is InChI=1S/C25H29FN6O/c1-16-14-18(3)32(29-16)24-9-8-23(27-28-24)30-12-10-19(11-13-30)25(33)31-17(2)4-5-20-15-21(26)6-7-22(20)31/h6-9,14-15,17,19H,4-5,10-13H2,1-3H3. The number of halogens is 1. The molecular weight excluding hydrogens is 419 g/mol. The second kappa shape index (κ2) is 8.57. The molecule has 0 aliphatic carbocycles. The van der Waals surface area contributed by atoms with Crippen molar-refractivity contribution in [3.8, 4) is 5.82 Å². The number of benzene rings is 1. The number of aryl methyl sites for hydroxylation is 3. The van der Waals surface area contributed by atoms with Crippen molar-refractivity contribution in [2.75, 3.05) is 22.9 Å². The Bertz CT molecular complexity index is 1170. The zero-order valence-electron chi connectivity index (χ0n) is 19.3. The number of hydrogen-bond acceptors (Lipinski definition) is 5. The number of rotatable bonds is 3. The average molecular weight is 449 g/mol. The Morgan fingerprint density at radius 1 is 1.00 bits per heavy atom. The second-order valence-electron chi connectivity index (χ2n) is 9.22. The molecule has 5 rings (SSSR count). The van der Waals surface area contributed by atoms with E-state index in [0.29, 0.717) is 5.82 Å². The van der Waals surface area contributed by atoms with E-state index < -0.39 is 0 Å². The molecule has 33 heavy (non-hydrogen) atoms. The molecule has 1 fully saturated rings. The van der Waals surface area contributed by atoms with Crippen molar-refractivity contribution in [1.82, 2.24) is 20.0 Å². The molecule has 2 aromatic heterocycles. The van der Waals surface area contributed by atoms with E-state index in [2.05, 4.69) is 27.1 Å². The van der Waals surface area contributed by atoms with Gasteiger partial charge in [0, 0.05) is 36.4 Å². The van der Waals surface area contributed by atoms with Crippen LogP contribution < -0.4 is 9.80 Å². The lowest BCUT2D eigenvalue weighted by Gasteiger charge is -2.39. The molecule has 1 unspecified atom stereocenters. The fourth-order valence-electron chi connectivity index (χ4n) is 5.07. The number of anilines is 2. The first-order valence-corrected chi connectivity index (χ1v) is 11.6. The fraction of sp³-hybridized carbons (Fsp3) is 0.440. The molecular formula is C25H29FN6O. The van der Waals surface area contributed by atoms with Gasteiger partial charge >= 0.3 is 0 Å². The molecule has 0 bridgehead atoms. The largest absolute Gasteiger partial charge is 0.355 e. The van der Waals surface area contributed by atoms with Crippen LogP contribution in [0.2, 0.25) is 0 Å². The minimum atomic E-state index is -0.242. The van der Waals surface area contributed by atoms with Crippen LogP contribution in [0.15, 0.2) is 36.4 Å². The van der Waals surface area contributed by atoms with Crippen molar-refractivity contribution in [3.63, 3.8) is 0 Å². The third-order valence-electron chi connectivity index (χ3n) is 6.84. The minimum Gasteiger partial charge on any atom is -0.355 e. The highest BCUT2D eigenvalue weighted by molar-refractivity contribution is 5.97. The predicted octanol–water partition coefficient (Wildman–Crippen LogP) is 4.00. The summed E-state index contributed by atoms with van der Waals surface area (Å²) in [5.74, 6) is 1.39. The van der Waals surface area contributed by atoms with Crippen LogP contribution in [0.1, 0.15) is 43.1 Å². The minimum absolute atomic E-state index is 0.0402. The third-order valence-corrected chi connectivity index (χ3v) is 6.84. The van der Waals surface area contributed by atoms with Gasteiger partial charge in [-0.25, -0.2) is 9.07 Å². The normalized spacial score (nSPS) is 19.0. The Morgan fingerprint density at radius 3 is 2.39 bits per heavy atom. The summed E-state index contributed by atoms with van der Waals surface area (Å²) >= 11 is 0. The SMILES string of the molecule is Cc1cc(C)n(-c2ccc(N3CCC(C(=O)N4c5ccc(F)cc5CCC4C)CC3)nn2)n1. The van der Waals surface area contributed by atoms with Gasteiger partial charge in [-0.1, -0.05) is 0 Å². The van der Waals surface area contributed by atoms with Crippen LogP contribution in [0, 0.1) is 25.6 Å². The highest BCUT2D eigenvalue weighted by atomic mass is 19.1. The van der Waals surface area contributed by atoms with E-state index in [4.69, 9.17) is 0 Å². The monoisotopic (exact) mass is 448 g/mol. The van der Waals surface area contributed by atoms with Crippen molar-refractivity contribution in [1.29, 1.82) is 0 Å². The summed E-state index contributed by atoms with van der Waals surface area (Å²) in [6.07, 6.45) is 3.19. The van der Waals surface area contributed by atoms with E-state index in [-0.39, 0.29) is 23.7 Å². The molecule has 0 N–H and O–H groups in total. The molecule has 8 heteroatoms. The van der Waals surface area contributed by atoms with Gasteiger partial charge in [0.15, 0.2) is 11.6 Å². The lowest BCUT2D eigenvalue weighted by molar-refractivity contribution is -0.123. The molecule has 0 spiro atoms. The summed E-state index contributed by atoms with van der Waals surface area (Å²) in [4.78, 5) is 17.6. The number of piperidine rings is 1. The van der Waals surface area contributed by atoms with Crippen molar-refractivity contribution < 1.29 is 9.18 Å². The Balaban J connectivity index is 1.26. The number of nitrogens with zero attached hydrogens (tertiary/aromatic N) is 6. The van der Waals surface area contributed by atoms with Crippen molar-refractivity contribution in [3.05, 3.63) is 59.2 Å². The highest BCUT2D eigenvalue weighted by Crippen LogP contribution is 2.34. The van der Waals surface area contributed by atoms with Crippen LogP contribution in [-0.4, -0.2) is 45.0 Å². The van der Waals surface area contributed by atoms with E-state index in [1.807, 2.05) is 36.9 Å². The van der Waals surface area contributed by atoms with Gasteiger partial charge in [0.25, 0.3) is 0 Å². The number of aromatic nitrogens is 4. The van der Waals surface area contributed by atoms with E-state index in [1.165, 1.54) is 6.07 Å². The summed E-state index contributed by atoms with van der Waals surface area (Å²) in [5, 5.41) is 13.3. The molecule has 3 aromatic rings. The molecule has 4 heterocycles. The van der Waals surface area contributed by atoms with Gasteiger partial charge in [-0.15, -0.1) is 10.2 Å². The second-order valence-corrected chi connectivity index (χ2v) is 9.22. The summed E-state index contributed by atoms with van der Waals surface area (Å²) < 4.78 is 15.5. The van der Waals surface area contributed by atoms with Gasteiger partial charge in [-0.2, -0.15) is 5.10 Å². The average Bonchev–Trinajstić information content (AvgIpc) is 3.16. The summed E-state index contributed by atoms with van der Waals surface area (Å²) in [7, 11) is 0. The van der Waals surface area contributed by atoms with Crippen molar-refractivity contribution >= 4 is 17.4 Å². The van der Waals surface area contributed by atoms with E-state index >= 15 is 0 Å². The Morgan fingerprint density at radius 2 is 1.73 bits per heavy atom. The Labute approximate surface area is 193 Å². The van der Waals surface area contributed by atoms with Gasteiger partial charge in [-0.05, 0) is 88.4 Å². The fourth-order valence-corrected chi connectivity index (χ4v) is 5.07. The summed E-state index contributed by atoms with van der Waals surface area (Å²) in [6, 6.07) is 10.8. The molecule has 7 nitrogen and oxygen atoms in total. The van der Waals surface area contributed by atoms with E-state index in [0.717, 1.165) is 67.2 Å². The molecule has 1 amide bonds. The van der Waals surface area contributed by atoms with Crippen molar-refractivity contribution in [2.45, 2.75) is 52.5 Å². The van der Waals surface area contributed by atoms with Crippen molar-refractivity contribution in [2.24, 2.45) is 5.92 Å². The van der Waals surface area contributed by atoms with Gasteiger partial charge in [-0.3, -0.25) is 4.79 Å². The summed E-state index contributed by atoms with van der Waals surface area (Å²) in [5.41, 5.74) is 3.76. The van der Waals surface area contributed by atoms with Crippen LogP contribution >= 0.6 is 0 Å². The van der Waals surface area contributed by atoms with Crippen LogP contribution in [0.25, 0.3) is 5.82 Å². The zero-order chi connectivity index (χ0) is 23.1. The van der Waals surface area contributed by atoms with E-state index in [1.54, 1.807) is 16.8 Å². The first-order valence-electron chi connectivity index (χ1n) is 11.6. The summed E-state index contributed by atoms with van der Waals surface area (Å²) in [6.45, 7) is 7.54. The van der Waals surface area contributed by atoms with Crippen LogP contribution in [-0.2, 0) is 11.2 Å². The molecule has 2 aliphatic rings. The first-order chi connectivity index (χ1) is 15.9. The molecule has 1 atom stereocenters. The van der Waals surface area contributed by atoms with Gasteiger partial charge in [0.1, 0.15) is 5.82 Å². The molecule has 1 aromatic carbocycles. The molecule has 172 valence electrons. The maximum atomic E-state index is 13.7. The number of amides is 1. The lowest BCUT2D eigenvalue weighted by atomic mass is 9.91. The van der Waals surface area contributed by atoms with Gasteiger partial charge in [0.05, 0.1) is 5.69 Å². The maximum absolute atomic E-state index is 13.7. The number of carbonyl (C=O) groups is 1. The Hall–Kier alpha value is -3.29. The first kappa shape index (κ1) is 21.6. The number of fused-ring (bicyclic) bond motifs is 1. The number of carbonyl (C=O) groups excluding carboxylic acids is 1.